The van der Waals surface area contributed by atoms with Crippen molar-refractivity contribution in [1.29, 1.82) is 0 Å². The van der Waals surface area contributed by atoms with Crippen LogP contribution in [0, 0.1) is 48.4 Å². The van der Waals surface area contributed by atoms with E-state index in [1.807, 2.05) is 22.9 Å². The van der Waals surface area contributed by atoms with Crippen LogP contribution in [0.2, 0.25) is 0 Å². The van der Waals surface area contributed by atoms with Gasteiger partial charge in [-0.3, -0.25) is 0 Å². The summed E-state index contributed by atoms with van der Waals surface area (Å²) in [6.45, 7) is 0. The van der Waals surface area contributed by atoms with Gasteiger partial charge >= 0.3 is 0 Å². The van der Waals surface area contributed by atoms with Crippen LogP contribution in [0.3, 0.4) is 0 Å². The molecule has 0 bridgehead atoms. The van der Waals surface area contributed by atoms with Crippen LogP contribution in [0.1, 0.15) is 46.6 Å². The van der Waals surface area contributed by atoms with E-state index in [4.69, 9.17) is 12.8 Å². The van der Waals surface area contributed by atoms with E-state index >= 15 is 0 Å². The fourth-order valence-electron chi connectivity index (χ4n) is 1.75. The van der Waals surface area contributed by atoms with Gasteiger partial charge in [0, 0.05) is 12.8 Å². The molecule has 22 heavy (non-hydrogen) atoms. The van der Waals surface area contributed by atoms with Gasteiger partial charge in [-0.15, -0.1) is 35.5 Å². The summed E-state index contributed by atoms with van der Waals surface area (Å²) in [7, 11) is 0. The van der Waals surface area contributed by atoms with Crippen LogP contribution >= 0.6 is 22.7 Å². The molecule has 0 amide bonds. The molecular weight excluding hydrogens is 304 g/mol. The maximum atomic E-state index is 5.40. The number of rotatable bonds is 3. The first-order valence-electron chi connectivity index (χ1n) is 6.91. The average Bonchev–Trinajstić information content (AvgIpc) is 3.18. The van der Waals surface area contributed by atoms with Crippen LogP contribution in [-0.2, 0) is 0 Å². The molecule has 0 unspecified atom stereocenters. The normalized spacial score (nSPS) is 8.82. The molecule has 0 radical (unpaired) electrons. The summed E-state index contributed by atoms with van der Waals surface area (Å²) >= 11 is 3.19. The highest BCUT2D eigenvalue weighted by Crippen LogP contribution is 2.15. The monoisotopic (exact) mass is 318 g/mol. The van der Waals surface area contributed by atoms with E-state index in [2.05, 4.69) is 35.5 Å². The summed E-state index contributed by atoms with van der Waals surface area (Å²) in [5, 5.41) is 3.95. The smallest absolute Gasteiger partial charge is 0.0924 e. The first kappa shape index (κ1) is 16.0. The van der Waals surface area contributed by atoms with Gasteiger partial charge in [-0.2, -0.15) is 0 Å². The fraction of sp³-hybridized carbons (Fsp3) is 0.200. The van der Waals surface area contributed by atoms with Crippen molar-refractivity contribution in [1.82, 2.24) is 0 Å². The number of unbranched alkanes of at least 4 members (excludes halogenated alkanes) is 3. The van der Waals surface area contributed by atoms with Gasteiger partial charge in [0.15, 0.2) is 0 Å². The maximum absolute atomic E-state index is 5.40. The average molecular weight is 318 g/mol. The largest absolute Gasteiger partial charge is 0.134 e. The second-order valence-corrected chi connectivity index (χ2v) is 6.26. The third kappa shape index (κ3) is 4.58. The van der Waals surface area contributed by atoms with Gasteiger partial charge < -0.3 is 0 Å². The van der Waals surface area contributed by atoms with Crippen molar-refractivity contribution < 1.29 is 0 Å². The zero-order valence-corrected chi connectivity index (χ0v) is 13.7. The second-order valence-electron chi connectivity index (χ2n) is 4.43. The Morgan fingerprint density at radius 2 is 1.23 bits per heavy atom. The maximum Gasteiger partial charge on any atom is 0.0924 e. The Bertz CT molecular complexity index is 754. The van der Waals surface area contributed by atoms with Gasteiger partial charge in [-0.05, 0) is 35.7 Å². The summed E-state index contributed by atoms with van der Waals surface area (Å²) in [6.07, 6.45) is 14.6. The van der Waals surface area contributed by atoms with Gasteiger partial charge in [-0.25, -0.2) is 0 Å². The Morgan fingerprint density at radius 1 is 0.773 bits per heavy atom. The molecule has 0 nitrogen and oxygen atoms in total. The van der Waals surface area contributed by atoms with Crippen LogP contribution in [0.4, 0.5) is 0 Å². The van der Waals surface area contributed by atoms with Crippen LogP contribution in [0.5, 0.6) is 0 Å². The SMILES string of the molecule is C#Cc1ccsc1C#CCCCCC#Cc1sccc1C#C. The van der Waals surface area contributed by atoms with E-state index < -0.39 is 0 Å². The minimum Gasteiger partial charge on any atom is -0.134 e. The third-order valence-electron chi connectivity index (χ3n) is 2.90. The molecule has 2 heterocycles. The molecule has 0 saturated heterocycles. The highest BCUT2D eigenvalue weighted by molar-refractivity contribution is 7.11. The van der Waals surface area contributed by atoms with Crippen LogP contribution in [-0.4, -0.2) is 0 Å². The lowest BCUT2D eigenvalue weighted by atomic mass is 10.2. The molecule has 0 saturated carbocycles. The Hall–Kier alpha value is -2.36. The van der Waals surface area contributed by atoms with Crippen LogP contribution in [0.15, 0.2) is 22.9 Å². The van der Waals surface area contributed by atoms with Crippen molar-refractivity contribution in [2.24, 2.45) is 0 Å². The van der Waals surface area contributed by atoms with Crippen LogP contribution < -0.4 is 0 Å². The summed E-state index contributed by atoms with van der Waals surface area (Å²) in [5.74, 6) is 17.9. The second kappa shape index (κ2) is 8.82. The van der Waals surface area contributed by atoms with Gasteiger partial charge in [0.25, 0.3) is 0 Å². The quantitative estimate of drug-likeness (QED) is 0.566. The van der Waals surface area contributed by atoms with Crippen molar-refractivity contribution in [2.75, 3.05) is 0 Å². The van der Waals surface area contributed by atoms with Crippen molar-refractivity contribution >= 4 is 22.7 Å². The predicted molar refractivity (Wildman–Crippen MR) is 96.7 cm³/mol. The standard InChI is InChI=1S/C20H14S2/c1-3-17-13-15-21-19(17)11-9-7-5-6-8-10-12-20-18(4-2)14-16-22-20/h1-2,13-16H,5-8H2. The minimum atomic E-state index is 0.873. The van der Waals surface area contributed by atoms with Gasteiger partial charge in [0.05, 0.1) is 20.9 Å². The molecule has 0 aliphatic heterocycles. The molecule has 2 rings (SSSR count). The number of terminal acetylenes is 2. The molecule has 0 aliphatic rings. The van der Waals surface area contributed by atoms with Crippen molar-refractivity contribution in [3.63, 3.8) is 0 Å². The predicted octanol–water partition coefficient (Wildman–Crippen LogP) is 4.74. The lowest BCUT2D eigenvalue weighted by molar-refractivity contribution is 0.782. The van der Waals surface area contributed by atoms with Crippen molar-refractivity contribution in [3.8, 4) is 48.4 Å². The molecule has 0 fully saturated rings. The van der Waals surface area contributed by atoms with Crippen LogP contribution in [0.25, 0.3) is 0 Å². The molecule has 0 aliphatic carbocycles. The summed E-state index contributed by atoms with van der Waals surface area (Å²) in [5.41, 5.74) is 1.78. The molecule has 2 heteroatoms. The molecule has 106 valence electrons. The van der Waals surface area contributed by atoms with E-state index in [-0.39, 0.29) is 0 Å². The molecular formula is C20H14S2. The Balaban J connectivity index is 1.71. The molecule has 2 aromatic rings. The van der Waals surface area contributed by atoms with Gasteiger partial charge in [-0.1, -0.05) is 35.5 Å². The zero-order chi connectivity index (χ0) is 15.6. The summed E-state index contributed by atoms with van der Waals surface area (Å²) in [6, 6.07) is 3.86. The highest BCUT2D eigenvalue weighted by atomic mass is 32.1. The first-order chi connectivity index (χ1) is 10.8. The van der Waals surface area contributed by atoms with E-state index in [0.29, 0.717) is 0 Å². The topological polar surface area (TPSA) is 0 Å². The van der Waals surface area contributed by atoms with Gasteiger partial charge in [0.1, 0.15) is 0 Å². The zero-order valence-electron chi connectivity index (χ0n) is 12.1. The lowest BCUT2D eigenvalue weighted by Gasteiger charge is -1.90. The molecule has 0 N–H and O–H groups in total. The van der Waals surface area contributed by atoms with E-state index in [1.54, 1.807) is 22.7 Å². The van der Waals surface area contributed by atoms with Gasteiger partial charge in [0.2, 0.25) is 0 Å². The highest BCUT2D eigenvalue weighted by Gasteiger charge is 1.97. The fourth-order valence-corrected chi connectivity index (χ4v) is 3.20. The molecule has 0 spiro atoms. The Morgan fingerprint density at radius 3 is 1.64 bits per heavy atom. The van der Waals surface area contributed by atoms with E-state index in [9.17, 15) is 0 Å². The number of thiophene rings is 2. The summed E-state index contributed by atoms with van der Waals surface area (Å²) in [4.78, 5) is 1.98. The van der Waals surface area contributed by atoms with Crippen molar-refractivity contribution in [3.05, 3.63) is 43.8 Å². The Kier molecular flexibility index (Phi) is 6.42. The Labute approximate surface area is 140 Å². The van der Waals surface area contributed by atoms with E-state index in [0.717, 1.165) is 46.6 Å². The molecule has 0 atom stereocenters. The lowest BCUT2D eigenvalue weighted by Crippen LogP contribution is -1.76. The molecule has 0 aromatic carbocycles. The van der Waals surface area contributed by atoms with E-state index in [1.165, 1.54) is 0 Å². The first-order valence-corrected chi connectivity index (χ1v) is 8.67. The summed E-state index contributed by atoms with van der Waals surface area (Å²) < 4.78 is 0. The number of hydrogen-bond donors (Lipinski definition) is 0. The minimum absolute atomic E-state index is 0.873. The molecule has 2 aromatic heterocycles. The van der Waals surface area contributed by atoms with Crippen molar-refractivity contribution in [2.45, 2.75) is 25.7 Å². The number of hydrogen-bond acceptors (Lipinski definition) is 2. The third-order valence-corrected chi connectivity index (χ3v) is 4.56.